The number of ether oxygens (including phenoxy) is 2. The van der Waals surface area contributed by atoms with Crippen molar-refractivity contribution in [1.29, 1.82) is 0 Å². The highest BCUT2D eigenvalue weighted by Crippen LogP contribution is 2.35. The zero-order valence-electron chi connectivity index (χ0n) is 22.3. The van der Waals surface area contributed by atoms with Crippen molar-refractivity contribution in [2.45, 2.75) is 70.6 Å². The van der Waals surface area contributed by atoms with Gasteiger partial charge < -0.3 is 14.4 Å². The standard InChI is InChI=1S/C30H33N3O5/c1-30(2,3)38-29(36)32-18-21-17-23(15-16-26(21)31-32)33(22-13-14-22)27(34)20-11-9-19(10-12-20)24-7-5-6-8-25(24)28(35)37-4/h5-12,18,22-23H,13-17H2,1-4H3. The molecule has 38 heavy (non-hydrogen) atoms. The lowest BCUT2D eigenvalue weighted by atomic mass is 9.91. The van der Waals surface area contributed by atoms with Crippen LogP contribution in [0.3, 0.4) is 0 Å². The van der Waals surface area contributed by atoms with Gasteiger partial charge >= 0.3 is 12.1 Å². The normalized spacial score (nSPS) is 16.9. The third kappa shape index (κ3) is 5.35. The van der Waals surface area contributed by atoms with E-state index in [1.165, 1.54) is 11.8 Å². The molecule has 2 aromatic carbocycles. The second-order valence-corrected chi connectivity index (χ2v) is 11.0. The molecule has 0 aliphatic heterocycles. The number of hydrogen-bond donors (Lipinski definition) is 0. The Morgan fingerprint density at radius 2 is 1.68 bits per heavy atom. The first-order chi connectivity index (χ1) is 18.1. The molecule has 1 aromatic heterocycles. The zero-order valence-corrected chi connectivity index (χ0v) is 22.3. The highest BCUT2D eigenvalue weighted by molar-refractivity contribution is 5.98. The third-order valence-electron chi connectivity index (χ3n) is 6.97. The van der Waals surface area contributed by atoms with Crippen LogP contribution in [0.4, 0.5) is 4.79 Å². The van der Waals surface area contributed by atoms with Crippen molar-refractivity contribution in [2.24, 2.45) is 0 Å². The Labute approximate surface area is 222 Å². The number of nitrogens with zero attached hydrogens (tertiary/aromatic N) is 3. The maximum absolute atomic E-state index is 13.7. The molecular weight excluding hydrogens is 482 g/mol. The van der Waals surface area contributed by atoms with E-state index in [9.17, 15) is 14.4 Å². The molecule has 3 aromatic rings. The van der Waals surface area contributed by atoms with Crippen LogP contribution < -0.4 is 0 Å². The second kappa shape index (κ2) is 10.1. The van der Waals surface area contributed by atoms with Crippen molar-refractivity contribution >= 4 is 18.0 Å². The molecule has 8 nitrogen and oxygen atoms in total. The molecule has 1 atom stereocenters. The van der Waals surface area contributed by atoms with E-state index in [-0.39, 0.29) is 18.0 Å². The van der Waals surface area contributed by atoms with Gasteiger partial charge in [-0.25, -0.2) is 9.59 Å². The van der Waals surface area contributed by atoms with Gasteiger partial charge in [-0.15, -0.1) is 0 Å². The first kappa shape index (κ1) is 25.7. The highest BCUT2D eigenvalue weighted by atomic mass is 16.6. The lowest BCUT2D eigenvalue weighted by Gasteiger charge is -2.34. The lowest BCUT2D eigenvalue weighted by Crippen LogP contribution is -2.44. The predicted octanol–water partition coefficient (Wildman–Crippen LogP) is 5.28. The Balaban J connectivity index is 1.34. The van der Waals surface area contributed by atoms with Crippen LogP contribution in [-0.2, 0) is 22.3 Å². The molecule has 2 aliphatic rings. The van der Waals surface area contributed by atoms with E-state index < -0.39 is 17.7 Å². The van der Waals surface area contributed by atoms with Crippen molar-refractivity contribution in [2.75, 3.05) is 7.11 Å². The van der Waals surface area contributed by atoms with Crippen LogP contribution in [0.2, 0.25) is 0 Å². The van der Waals surface area contributed by atoms with Gasteiger partial charge in [-0.1, -0.05) is 30.3 Å². The number of esters is 1. The smallest absolute Gasteiger partial charge is 0.435 e. The van der Waals surface area contributed by atoms with E-state index in [2.05, 4.69) is 5.10 Å². The molecule has 0 bridgehead atoms. The minimum atomic E-state index is -0.599. The van der Waals surface area contributed by atoms with Gasteiger partial charge in [0.15, 0.2) is 0 Å². The number of carbonyl (C=O) groups is 3. The molecule has 2 aliphatic carbocycles. The van der Waals surface area contributed by atoms with Crippen LogP contribution in [0.1, 0.15) is 72.0 Å². The van der Waals surface area contributed by atoms with Gasteiger partial charge in [0.25, 0.3) is 5.91 Å². The van der Waals surface area contributed by atoms with Crippen LogP contribution in [0.5, 0.6) is 0 Å². The van der Waals surface area contributed by atoms with Gasteiger partial charge in [0.05, 0.1) is 18.4 Å². The van der Waals surface area contributed by atoms with E-state index in [1.54, 1.807) is 18.3 Å². The first-order valence-electron chi connectivity index (χ1n) is 13.1. The van der Waals surface area contributed by atoms with Gasteiger partial charge in [-0.3, -0.25) is 4.79 Å². The molecule has 198 valence electrons. The largest absolute Gasteiger partial charge is 0.465 e. The summed E-state index contributed by atoms with van der Waals surface area (Å²) in [6.07, 6.45) is 5.41. The Morgan fingerprint density at radius 1 is 0.974 bits per heavy atom. The fourth-order valence-electron chi connectivity index (χ4n) is 5.07. The Kier molecular flexibility index (Phi) is 6.82. The summed E-state index contributed by atoms with van der Waals surface area (Å²) in [6, 6.07) is 15.0. The fraction of sp³-hybridized carbons (Fsp3) is 0.400. The van der Waals surface area contributed by atoms with Crippen molar-refractivity contribution in [1.82, 2.24) is 14.7 Å². The summed E-state index contributed by atoms with van der Waals surface area (Å²) in [5.74, 6) is -0.388. The summed E-state index contributed by atoms with van der Waals surface area (Å²) in [7, 11) is 1.37. The van der Waals surface area contributed by atoms with Crippen LogP contribution in [-0.4, -0.2) is 57.4 Å². The topological polar surface area (TPSA) is 90.7 Å². The summed E-state index contributed by atoms with van der Waals surface area (Å²) in [5, 5.41) is 4.46. The number of benzene rings is 2. The predicted molar refractivity (Wildman–Crippen MR) is 142 cm³/mol. The third-order valence-corrected chi connectivity index (χ3v) is 6.97. The van der Waals surface area contributed by atoms with Crippen LogP contribution in [0.25, 0.3) is 11.1 Å². The maximum atomic E-state index is 13.7. The summed E-state index contributed by atoms with van der Waals surface area (Å²) in [4.78, 5) is 40.5. The molecule has 0 saturated heterocycles. The first-order valence-corrected chi connectivity index (χ1v) is 13.1. The summed E-state index contributed by atoms with van der Waals surface area (Å²) >= 11 is 0. The molecule has 0 N–H and O–H groups in total. The van der Waals surface area contributed by atoms with Crippen LogP contribution in [0, 0.1) is 0 Å². The molecule has 1 unspecified atom stereocenters. The summed E-state index contributed by atoms with van der Waals surface area (Å²) in [5.41, 5.74) is 3.99. The van der Waals surface area contributed by atoms with E-state index in [1.807, 2.05) is 62.1 Å². The van der Waals surface area contributed by atoms with Gasteiger partial charge in [0.1, 0.15) is 5.60 Å². The fourth-order valence-corrected chi connectivity index (χ4v) is 5.07. The Morgan fingerprint density at radius 3 is 2.34 bits per heavy atom. The van der Waals surface area contributed by atoms with Gasteiger partial charge in [-0.05, 0) is 87.8 Å². The lowest BCUT2D eigenvalue weighted by molar-refractivity contribution is 0.0512. The Bertz CT molecular complexity index is 1370. The average molecular weight is 516 g/mol. The molecule has 1 heterocycles. The molecule has 5 rings (SSSR count). The number of aromatic nitrogens is 2. The van der Waals surface area contributed by atoms with Crippen molar-refractivity contribution < 1.29 is 23.9 Å². The van der Waals surface area contributed by atoms with E-state index >= 15 is 0 Å². The minimum absolute atomic E-state index is 0.00767. The van der Waals surface area contributed by atoms with Crippen molar-refractivity contribution in [3.8, 4) is 11.1 Å². The van der Waals surface area contributed by atoms with Gasteiger partial charge in [0, 0.05) is 23.8 Å². The van der Waals surface area contributed by atoms with Gasteiger partial charge in [0.2, 0.25) is 0 Å². The number of aryl methyl sites for hydroxylation is 1. The van der Waals surface area contributed by atoms with Crippen molar-refractivity contribution in [3.05, 3.63) is 77.1 Å². The van der Waals surface area contributed by atoms with Gasteiger partial charge in [-0.2, -0.15) is 9.78 Å². The number of carbonyl (C=O) groups excluding carboxylic acids is 3. The SMILES string of the molecule is COC(=O)c1ccccc1-c1ccc(C(=O)N(C2CC2)C2CCc3nn(C(=O)OC(C)(C)C)cc3C2)cc1. The second-order valence-electron chi connectivity index (χ2n) is 11.0. The van der Waals surface area contributed by atoms with E-state index in [4.69, 9.17) is 9.47 Å². The summed E-state index contributed by atoms with van der Waals surface area (Å²) < 4.78 is 11.7. The van der Waals surface area contributed by atoms with E-state index in [0.717, 1.165) is 41.6 Å². The van der Waals surface area contributed by atoms with Crippen LogP contribution in [0.15, 0.2) is 54.7 Å². The van der Waals surface area contributed by atoms with E-state index in [0.29, 0.717) is 24.0 Å². The molecule has 1 fully saturated rings. The number of amides is 1. The highest BCUT2D eigenvalue weighted by Gasteiger charge is 2.39. The quantitative estimate of drug-likeness (QED) is 0.429. The molecular formula is C30H33N3O5. The molecule has 0 radical (unpaired) electrons. The number of methoxy groups -OCH3 is 1. The average Bonchev–Trinajstić information content (AvgIpc) is 3.64. The molecule has 1 amide bonds. The minimum Gasteiger partial charge on any atom is -0.465 e. The zero-order chi connectivity index (χ0) is 27.0. The van der Waals surface area contributed by atoms with Crippen molar-refractivity contribution in [3.63, 3.8) is 0 Å². The molecule has 8 heteroatoms. The number of rotatable bonds is 5. The molecule has 1 saturated carbocycles. The van der Waals surface area contributed by atoms with Crippen LogP contribution >= 0.6 is 0 Å². The maximum Gasteiger partial charge on any atom is 0.435 e. The summed E-state index contributed by atoms with van der Waals surface area (Å²) in [6.45, 7) is 5.48. The molecule has 0 spiro atoms. The Hall–Kier alpha value is -3.94. The monoisotopic (exact) mass is 515 g/mol. The number of fused-ring (bicyclic) bond motifs is 1. The number of hydrogen-bond acceptors (Lipinski definition) is 6.